The molecule has 0 spiro atoms. The Kier molecular flexibility index (Phi) is 19.0. The number of carbonyl (C=O) groups is 1. The van der Waals surface area contributed by atoms with Crippen molar-refractivity contribution >= 4 is 5.91 Å². The molecule has 150 valence electrons. The summed E-state index contributed by atoms with van der Waals surface area (Å²) >= 11 is 0. The molecule has 26 heavy (non-hydrogen) atoms. The van der Waals surface area contributed by atoms with Gasteiger partial charge in [-0.1, -0.05) is 103 Å². The SMILES string of the molecule is CCCCCCCCCCCC=CCCC=CC=CC(=O)NCC(C)C. The average Bonchev–Trinajstić information content (AvgIpc) is 2.62. The van der Waals surface area contributed by atoms with Crippen LogP contribution < -0.4 is 5.32 Å². The van der Waals surface area contributed by atoms with E-state index >= 15 is 0 Å². The highest BCUT2D eigenvalue weighted by molar-refractivity contribution is 5.87. The molecule has 0 radical (unpaired) electrons. The van der Waals surface area contributed by atoms with Gasteiger partial charge in [-0.25, -0.2) is 0 Å². The van der Waals surface area contributed by atoms with Crippen LogP contribution in [0, 0.1) is 5.92 Å². The van der Waals surface area contributed by atoms with Crippen LogP contribution in [0.15, 0.2) is 36.5 Å². The van der Waals surface area contributed by atoms with E-state index in [1.165, 1.54) is 64.2 Å². The van der Waals surface area contributed by atoms with Crippen molar-refractivity contribution in [1.29, 1.82) is 0 Å². The Balaban J connectivity index is 3.38. The number of carbonyl (C=O) groups excluding carboxylic acids is 1. The summed E-state index contributed by atoms with van der Waals surface area (Å²) in [7, 11) is 0. The maximum Gasteiger partial charge on any atom is 0.243 e. The van der Waals surface area contributed by atoms with E-state index in [0.29, 0.717) is 5.92 Å². The molecule has 0 aliphatic carbocycles. The summed E-state index contributed by atoms with van der Waals surface area (Å²) in [6.45, 7) is 7.19. The summed E-state index contributed by atoms with van der Waals surface area (Å²) in [6, 6.07) is 0. The molecule has 0 atom stereocenters. The summed E-state index contributed by atoms with van der Waals surface area (Å²) in [5.41, 5.74) is 0. The Morgan fingerprint density at radius 2 is 1.35 bits per heavy atom. The Morgan fingerprint density at radius 3 is 2.00 bits per heavy atom. The second kappa shape index (κ2) is 20.0. The Morgan fingerprint density at radius 1 is 0.769 bits per heavy atom. The molecule has 0 rings (SSSR count). The van der Waals surface area contributed by atoms with Gasteiger partial charge in [0.2, 0.25) is 5.91 Å². The predicted molar refractivity (Wildman–Crippen MR) is 116 cm³/mol. The van der Waals surface area contributed by atoms with Gasteiger partial charge in [0.15, 0.2) is 0 Å². The summed E-state index contributed by atoms with van der Waals surface area (Å²) in [5, 5.41) is 2.87. The number of amides is 1. The van der Waals surface area contributed by atoms with Crippen LogP contribution in [-0.4, -0.2) is 12.5 Å². The largest absolute Gasteiger partial charge is 0.352 e. The number of nitrogens with one attached hydrogen (secondary N) is 1. The minimum Gasteiger partial charge on any atom is -0.352 e. The maximum absolute atomic E-state index is 11.5. The lowest BCUT2D eigenvalue weighted by Crippen LogP contribution is -2.25. The molecule has 0 saturated carbocycles. The molecule has 2 heteroatoms. The highest BCUT2D eigenvalue weighted by Gasteiger charge is 1.95. The molecule has 0 saturated heterocycles. The van der Waals surface area contributed by atoms with Crippen molar-refractivity contribution in [2.24, 2.45) is 5.92 Å². The second-order valence-corrected chi connectivity index (χ2v) is 7.59. The van der Waals surface area contributed by atoms with Gasteiger partial charge in [-0.05, 0) is 31.6 Å². The van der Waals surface area contributed by atoms with Gasteiger partial charge < -0.3 is 5.32 Å². The molecule has 1 amide bonds. The van der Waals surface area contributed by atoms with Gasteiger partial charge in [-0.3, -0.25) is 4.79 Å². The van der Waals surface area contributed by atoms with Crippen molar-refractivity contribution in [3.8, 4) is 0 Å². The third-order valence-electron chi connectivity index (χ3n) is 4.32. The summed E-state index contributed by atoms with van der Waals surface area (Å²) in [5.74, 6) is 0.481. The Bertz CT molecular complexity index is 393. The van der Waals surface area contributed by atoms with Gasteiger partial charge in [0, 0.05) is 12.6 Å². The average molecular weight is 362 g/mol. The number of unbranched alkanes of at least 4 members (excludes halogenated alkanes) is 10. The van der Waals surface area contributed by atoms with Crippen LogP contribution in [0.2, 0.25) is 0 Å². The number of hydrogen-bond acceptors (Lipinski definition) is 1. The predicted octanol–water partition coefficient (Wildman–Crippen LogP) is 7.13. The van der Waals surface area contributed by atoms with Gasteiger partial charge in [0.25, 0.3) is 0 Å². The van der Waals surface area contributed by atoms with Gasteiger partial charge in [-0.15, -0.1) is 0 Å². The highest BCUT2D eigenvalue weighted by atomic mass is 16.1. The topological polar surface area (TPSA) is 29.1 Å². The van der Waals surface area contributed by atoms with E-state index in [4.69, 9.17) is 0 Å². The summed E-state index contributed by atoms with van der Waals surface area (Å²) in [4.78, 5) is 11.5. The lowest BCUT2D eigenvalue weighted by atomic mass is 10.1. The first-order chi connectivity index (χ1) is 12.7. The Labute approximate surface area is 163 Å². The van der Waals surface area contributed by atoms with Crippen molar-refractivity contribution in [3.63, 3.8) is 0 Å². The molecule has 1 N–H and O–H groups in total. The zero-order chi connectivity index (χ0) is 19.3. The normalized spacial score (nSPS) is 12.2. The summed E-state index contributed by atoms with van der Waals surface area (Å²) in [6.07, 6.45) is 28.0. The molecular formula is C24H43NO. The second-order valence-electron chi connectivity index (χ2n) is 7.59. The number of hydrogen-bond donors (Lipinski definition) is 1. The van der Waals surface area contributed by atoms with E-state index in [9.17, 15) is 4.79 Å². The molecule has 0 bridgehead atoms. The minimum atomic E-state index is -0.01000. The van der Waals surface area contributed by atoms with Crippen LogP contribution >= 0.6 is 0 Å². The van der Waals surface area contributed by atoms with E-state index in [0.717, 1.165) is 19.4 Å². The van der Waals surface area contributed by atoms with Crippen molar-refractivity contribution in [2.75, 3.05) is 6.54 Å². The van der Waals surface area contributed by atoms with E-state index in [1.54, 1.807) is 6.08 Å². The molecular weight excluding hydrogens is 318 g/mol. The molecule has 0 aliphatic heterocycles. The maximum atomic E-state index is 11.5. The minimum absolute atomic E-state index is 0.01000. The fourth-order valence-electron chi connectivity index (χ4n) is 2.68. The standard InChI is InChI=1S/C24H43NO/c1-4-5-6-7-8-9-10-11-12-13-14-15-16-17-18-19-20-21-24(26)25-22-23(2)3/h14-15,18-21,23H,4-13,16-17,22H2,1-3H3,(H,25,26). The third-order valence-corrected chi connectivity index (χ3v) is 4.32. The molecule has 2 nitrogen and oxygen atoms in total. The molecule has 0 fully saturated rings. The van der Waals surface area contributed by atoms with Gasteiger partial charge in [0.05, 0.1) is 0 Å². The van der Waals surface area contributed by atoms with Crippen molar-refractivity contribution in [2.45, 2.75) is 97.8 Å². The molecule has 0 unspecified atom stereocenters. The van der Waals surface area contributed by atoms with Crippen molar-refractivity contribution in [3.05, 3.63) is 36.5 Å². The first-order valence-electron chi connectivity index (χ1n) is 10.9. The molecule has 0 aromatic rings. The van der Waals surface area contributed by atoms with Gasteiger partial charge in [0.1, 0.15) is 0 Å². The first-order valence-corrected chi connectivity index (χ1v) is 10.9. The fourth-order valence-corrected chi connectivity index (χ4v) is 2.68. The zero-order valence-electron chi connectivity index (χ0n) is 17.6. The van der Waals surface area contributed by atoms with E-state index in [2.05, 4.69) is 44.3 Å². The van der Waals surface area contributed by atoms with E-state index < -0.39 is 0 Å². The zero-order valence-corrected chi connectivity index (χ0v) is 17.6. The van der Waals surface area contributed by atoms with E-state index in [-0.39, 0.29) is 5.91 Å². The monoisotopic (exact) mass is 361 g/mol. The van der Waals surface area contributed by atoms with Crippen molar-refractivity contribution < 1.29 is 4.79 Å². The summed E-state index contributed by atoms with van der Waals surface area (Å²) < 4.78 is 0. The molecule has 0 aliphatic rings. The number of rotatable bonds is 17. The van der Waals surface area contributed by atoms with Crippen LogP contribution in [0.25, 0.3) is 0 Å². The van der Waals surface area contributed by atoms with Crippen LogP contribution in [0.1, 0.15) is 97.8 Å². The third kappa shape index (κ3) is 20.7. The smallest absolute Gasteiger partial charge is 0.243 e. The van der Waals surface area contributed by atoms with Crippen LogP contribution in [0.4, 0.5) is 0 Å². The van der Waals surface area contributed by atoms with Gasteiger partial charge in [-0.2, -0.15) is 0 Å². The van der Waals surface area contributed by atoms with Gasteiger partial charge >= 0.3 is 0 Å². The van der Waals surface area contributed by atoms with Crippen LogP contribution in [0.3, 0.4) is 0 Å². The quantitative estimate of drug-likeness (QED) is 0.127. The molecule has 0 aromatic heterocycles. The van der Waals surface area contributed by atoms with Crippen molar-refractivity contribution in [1.82, 2.24) is 5.32 Å². The molecule has 0 aromatic carbocycles. The van der Waals surface area contributed by atoms with Crippen LogP contribution in [0.5, 0.6) is 0 Å². The molecule has 0 heterocycles. The van der Waals surface area contributed by atoms with Crippen LogP contribution in [-0.2, 0) is 4.79 Å². The first kappa shape index (κ1) is 24.7. The fraction of sp³-hybridized carbons (Fsp3) is 0.708. The lowest BCUT2D eigenvalue weighted by Gasteiger charge is -2.03. The lowest BCUT2D eigenvalue weighted by molar-refractivity contribution is -0.116. The van der Waals surface area contributed by atoms with E-state index in [1.807, 2.05) is 12.2 Å². The Hall–Kier alpha value is -1.31. The number of allylic oxidation sites excluding steroid dienone is 5. The highest BCUT2D eigenvalue weighted by Crippen LogP contribution is 2.10.